The lowest BCUT2D eigenvalue weighted by Crippen LogP contribution is -2.52. The zero-order chi connectivity index (χ0) is 19.0. The Labute approximate surface area is 158 Å². The van der Waals surface area contributed by atoms with E-state index >= 15 is 0 Å². The van der Waals surface area contributed by atoms with Crippen LogP contribution in [0.5, 0.6) is 0 Å². The van der Waals surface area contributed by atoms with Gasteiger partial charge in [-0.25, -0.2) is 4.98 Å². The van der Waals surface area contributed by atoms with Crippen molar-refractivity contribution in [2.45, 2.75) is 0 Å². The number of fused-ring (bicyclic) bond motifs is 1. The van der Waals surface area contributed by atoms with Crippen LogP contribution in [0.25, 0.3) is 17.0 Å². The molecule has 1 aliphatic rings. The topological polar surface area (TPSA) is 86.9 Å². The van der Waals surface area contributed by atoms with Crippen molar-refractivity contribution in [1.29, 1.82) is 0 Å². The Bertz CT molecular complexity index is 1040. The summed E-state index contributed by atoms with van der Waals surface area (Å²) in [5.74, 6) is 1.38. The first-order valence-corrected chi connectivity index (χ1v) is 10.1. The van der Waals surface area contributed by atoms with Gasteiger partial charge in [0.15, 0.2) is 0 Å². The highest BCUT2D eigenvalue weighted by atomic mass is 32.2. The fourth-order valence-electron chi connectivity index (χ4n) is 3.16. The van der Waals surface area contributed by atoms with Gasteiger partial charge in [0.25, 0.3) is 16.0 Å². The average Bonchev–Trinajstić information content (AvgIpc) is 3.16. The molecule has 4 rings (SSSR count). The van der Waals surface area contributed by atoms with E-state index in [4.69, 9.17) is 0 Å². The third-order valence-corrected chi connectivity index (χ3v) is 6.59. The Morgan fingerprint density at radius 2 is 1.74 bits per heavy atom. The van der Waals surface area contributed by atoms with Gasteiger partial charge in [0.1, 0.15) is 12.1 Å². The van der Waals surface area contributed by atoms with Crippen molar-refractivity contribution in [1.82, 2.24) is 28.2 Å². The SMILES string of the molecule is CN(C)S(=O)(=O)N1CCN(c2cc(-c3ccccc3)nc3ncnn23)CC1. The zero-order valence-electron chi connectivity index (χ0n) is 15.2. The Morgan fingerprint density at radius 3 is 2.41 bits per heavy atom. The first kappa shape index (κ1) is 17.8. The Hall–Kier alpha value is -2.56. The van der Waals surface area contributed by atoms with E-state index in [-0.39, 0.29) is 0 Å². The normalized spacial score (nSPS) is 16.3. The Balaban J connectivity index is 1.66. The van der Waals surface area contributed by atoms with E-state index in [1.807, 2.05) is 36.4 Å². The van der Waals surface area contributed by atoms with Crippen molar-refractivity contribution in [3.63, 3.8) is 0 Å². The molecule has 10 heteroatoms. The average molecular weight is 387 g/mol. The minimum absolute atomic E-state index is 0.416. The number of aromatic nitrogens is 4. The maximum absolute atomic E-state index is 12.3. The first-order valence-electron chi connectivity index (χ1n) is 8.65. The van der Waals surface area contributed by atoms with E-state index in [2.05, 4.69) is 20.0 Å². The van der Waals surface area contributed by atoms with E-state index in [9.17, 15) is 8.42 Å². The summed E-state index contributed by atoms with van der Waals surface area (Å²) < 4.78 is 29.1. The van der Waals surface area contributed by atoms with E-state index < -0.39 is 10.2 Å². The molecule has 0 atom stereocenters. The second kappa shape index (κ2) is 6.87. The van der Waals surface area contributed by atoms with Crippen molar-refractivity contribution in [3.05, 3.63) is 42.7 Å². The monoisotopic (exact) mass is 387 g/mol. The molecule has 0 spiro atoms. The van der Waals surface area contributed by atoms with Crippen LogP contribution in [0.3, 0.4) is 0 Å². The van der Waals surface area contributed by atoms with Gasteiger partial charge in [0, 0.05) is 51.9 Å². The molecular weight excluding hydrogens is 366 g/mol. The lowest BCUT2D eigenvalue weighted by molar-refractivity contribution is 0.354. The minimum atomic E-state index is -3.40. The van der Waals surface area contributed by atoms with Gasteiger partial charge in [-0.05, 0) is 0 Å². The number of hydrogen-bond acceptors (Lipinski definition) is 6. The third kappa shape index (κ3) is 3.27. The van der Waals surface area contributed by atoms with Crippen LogP contribution in [0.15, 0.2) is 42.7 Å². The van der Waals surface area contributed by atoms with Crippen LogP contribution < -0.4 is 4.90 Å². The summed E-state index contributed by atoms with van der Waals surface area (Å²) in [6.45, 7) is 1.97. The number of benzene rings is 1. The van der Waals surface area contributed by atoms with E-state index in [0.717, 1.165) is 17.1 Å². The fraction of sp³-hybridized carbons (Fsp3) is 0.353. The van der Waals surface area contributed by atoms with Gasteiger partial charge in [-0.2, -0.15) is 31.6 Å². The highest BCUT2D eigenvalue weighted by molar-refractivity contribution is 7.86. The predicted octanol–water partition coefficient (Wildman–Crippen LogP) is 0.720. The smallest absolute Gasteiger partial charge is 0.281 e. The van der Waals surface area contributed by atoms with Crippen LogP contribution in [0.4, 0.5) is 5.82 Å². The molecule has 0 saturated carbocycles. The fourth-order valence-corrected chi connectivity index (χ4v) is 4.24. The van der Waals surface area contributed by atoms with Crippen LogP contribution in [0.1, 0.15) is 0 Å². The van der Waals surface area contributed by atoms with Gasteiger partial charge < -0.3 is 4.90 Å². The number of hydrogen-bond donors (Lipinski definition) is 0. The molecule has 0 bridgehead atoms. The lowest BCUT2D eigenvalue weighted by Gasteiger charge is -2.36. The molecule has 27 heavy (non-hydrogen) atoms. The zero-order valence-corrected chi connectivity index (χ0v) is 16.0. The van der Waals surface area contributed by atoms with Crippen molar-refractivity contribution in [2.75, 3.05) is 45.2 Å². The van der Waals surface area contributed by atoms with E-state index in [0.29, 0.717) is 32.0 Å². The molecule has 1 aliphatic heterocycles. The van der Waals surface area contributed by atoms with Crippen molar-refractivity contribution >= 4 is 21.8 Å². The highest BCUT2D eigenvalue weighted by Crippen LogP contribution is 2.25. The molecule has 142 valence electrons. The quantitative estimate of drug-likeness (QED) is 0.656. The minimum Gasteiger partial charge on any atom is -0.354 e. The number of nitrogens with zero attached hydrogens (tertiary/aromatic N) is 7. The largest absolute Gasteiger partial charge is 0.354 e. The summed E-state index contributed by atoms with van der Waals surface area (Å²) in [7, 11) is -0.293. The van der Waals surface area contributed by atoms with Gasteiger partial charge in [-0.15, -0.1) is 0 Å². The molecule has 0 radical (unpaired) electrons. The van der Waals surface area contributed by atoms with Crippen LogP contribution in [0.2, 0.25) is 0 Å². The maximum atomic E-state index is 12.3. The first-order chi connectivity index (χ1) is 13.0. The van der Waals surface area contributed by atoms with Gasteiger partial charge in [0.2, 0.25) is 0 Å². The highest BCUT2D eigenvalue weighted by Gasteiger charge is 2.29. The predicted molar refractivity (Wildman–Crippen MR) is 103 cm³/mol. The van der Waals surface area contributed by atoms with Gasteiger partial charge in [0.05, 0.1) is 5.69 Å². The van der Waals surface area contributed by atoms with Gasteiger partial charge in [-0.3, -0.25) is 0 Å². The summed E-state index contributed by atoms with van der Waals surface area (Å²) in [6.07, 6.45) is 1.48. The van der Waals surface area contributed by atoms with Crippen LogP contribution >= 0.6 is 0 Å². The Morgan fingerprint density at radius 1 is 1.04 bits per heavy atom. The van der Waals surface area contributed by atoms with Gasteiger partial charge in [-0.1, -0.05) is 30.3 Å². The maximum Gasteiger partial charge on any atom is 0.281 e. The summed E-state index contributed by atoms with van der Waals surface area (Å²) >= 11 is 0. The molecule has 1 fully saturated rings. The van der Waals surface area contributed by atoms with Crippen LogP contribution in [0, 0.1) is 0 Å². The molecule has 0 amide bonds. The van der Waals surface area contributed by atoms with E-state index in [1.54, 1.807) is 18.6 Å². The molecule has 1 saturated heterocycles. The molecule has 1 aromatic carbocycles. The summed E-state index contributed by atoms with van der Waals surface area (Å²) in [5, 5.41) is 4.29. The molecule has 2 aromatic heterocycles. The van der Waals surface area contributed by atoms with E-state index in [1.165, 1.54) is 14.9 Å². The summed E-state index contributed by atoms with van der Waals surface area (Å²) in [5.41, 5.74) is 1.81. The van der Waals surface area contributed by atoms with Gasteiger partial charge >= 0.3 is 0 Å². The second-order valence-electron chi connectivity index (χ2n) is 6.51. The number of rotatable bonds is 4. The van der Waals surface area contributed by atoms with Crippen molar-refractivity contribution in [2.24, 2.45) is 0 Å². The molecule has 0 N–H and O–H groups in total. The molecule has 0 unspecified atom stereocenters. The third-order valence-electron chi connectivity index (χ3n) is 4.65. The molecule has 3 aromatic rings. The number of anilines is 1. The summed E-state index contributed by atoms with van der Waals surface area (Å²) in [4.78, 5) is 10.9. The molecule has 9 nitrogen and oxygen atoms in total. The standard InChI is InChI=1S/C17H21N7O2S/c1-21(2)27(25,26)23-10-8-22(9-11-23)16-12-15(14-6-4-3-5-7-14)20-17-18-13-19-24(16)17/h3-7,12-13H,8-11H2,1-2H3. The second-order valence-corrected chi connectivity index (χ2v) is 8.66. The lowest BCUT2D eigenvalue weighted by atomic mass is 10.1. The van der Waals surface area contributed by atoms with Crippen LogP contribution in [-0.2, 0) is 10.2 Å². The molecular formula is C17H21N7O2S. The van der Waals surface area contributed by atoms with Crippen molar-refractivity contribution < 1.29 is 8.42 Å². The molecule has 0 aliphatic carbocycles. The summed E-state index contributed by atoms with van der Waals surface area (Å²) in [6, 6.07) is 11.9. The molecule has 3 heterocycles. The van der Waals surface area contributed by atoms with Crippen molar-refractivity contribution in [3.8, 4) is 11.3 Å². The number of piperazine rings is 1. The Kier molecular flexibility index (Phi) is 4.54. The van der Waals surface area contributed by atoms with Crippen LogP contribution in [-0.4, -0.2) is 76.9 Å².